The van der Waals surface area contributed by atoms with Crippen LogP contribution in [-0.2, 0) is 11.0 Å². The van der Waals surface area contributed by atoms with Crippen molar-refractivity contribution in [2.24, 2.45) is 0 Å². The number of benzene rings is 2. The van der Waals surface area contributed by atoms with Crippen LogP contribution < -0.4 is 10.2 Å². The van der Waals surface area contributed by atoms with Crippen molar-refractivity contribution in [2.75, 3.05) is 16.8 Å². The van der Waals surface area contributed by atoms with Gasteiger partial charge in [0.25, 0.3) is 5.91 Å². The Morgan fingerprint density at radius 2 is 1.97 bits per heavy atom. The highest BCUT2D eigenvalue weighted by atomic mass is 19.4. The van der Waals surface area contributed by atoms with Gasteiger partial charge in [-0.1, -0.05) is 0 Å². The number of urea groups is 2. The molecule has 38 heavy (non-hydrogen) atoms. The molecule has 3 fully saturated rings. The Bertz CT molecular complexity index is 1580. The SMILES string of the molecule is Cc1cc(NC(=O)N2C[C@H]3CC2[C@@H]2C(=O)N(c4ccc(C#N)c5ncccc45)C(=O)N32)cc(C(F)(F)F)c1. The van der Waals surface area contributed by atoms with Crippen molar-refractivity contribution < 1.29 is 27.6 Å². The zero-order chi connectivity index (χ0) is 26.9. The number of rotatable bonds is 2. The van der Waals surface area contributed by atoms with E-state index in [1.165, 1.54) is 41.1 Å². The van der Waals surface area contributed by atoms with Gasteiger partial charge in [0.2, 0.25) is 0 Å². The minimum absolute atomic E-state index is 0.00559. The van der Waals surface area contributed by atoms with Gasteiger partial charge in [-0.25, -0.2) is 14.5 Å². The summed E-state index contributed by atoms with van der Waals surface area (Å²) in [5.41, 5.74) is 0.413. The molecule has 0 radical (unpaired) electrons. The molecule has 6 rings (SSSR count). The molecular weight excluding hydrogens is 501 g/mol. The van der Waals surface area contributed by atoms with Gasteiger partial charge in [-0.2, -0.15) is 18.4 Å². The predicted octanol–water partition coefficient (Wildman–Crippen LogP) is 4.26. The molecule has 0 aliphatic carbocycles. The zero-order valence-electron chi connectivity index (χ0n) is 19.9. The summed E-state index contributed by atoms with van der Waals surface area (Å²) in [6.07, 6.45) is -2.66. The Morgan fingerprint density at radius 3 is 2.71 bits per heavy atom. The number of likely N-dealkylation sites (tertiary alicyclic amines) is 1. The van der Waals surface area contributed by atoms with Gasteiger partial charge in [0.05, 0.1) is 34.4 Å². The molecule has 2 bridgehead atoms. The highest BCUT2D eigenvalue weighted by Crippen LogP contribution is 2.44. The number of imide groups is 1. The zero-order valence-corrected chi connectivity index (χ0v) is 19.9. The average Bonchev–Trinajstić information content (AvgIpc) is 3.54. The van der Waals surface area contributed by atoms with E-state index in [0.717, 1.165) is 17.0 Å². The second-order valence-electron chi connectivity index (χ2n) is 9.58. The molecule has 3 atom stereocenters. The summed E-state index contributed by atoms with van der Waals surface area (Å²) < 4.78 is 39.7. The molecule has 0 spiro atoms. The number of hydrogen-bond acceptors (Lipinski definition) is 5. The van der Waals surface area contributed by atoms with E-state index >= 15 is 0 Å². The van der Waals surface area contributed by atoms with Crippen LogP contribution in [0.1, 0.15) is 23.1 Å². The first-order valence-electron chi connectivity index (χ1n) is 11.8. The quantitative estimate of drug-likeness (QED) is 0.508. The van der Waals surface area contributed by atoms with E-state index in [4.69, 9.17) is 0 Å². The van der Waals surface area contributed by atoms with Gasteiger partial charge in [0.1, 0.15) is 12.1 Å². The molecule has 5 amide bonds. The van der Waals surface area contributed by atoms with Crippen LogP contribution >= 0.6 is 0 Å². The van der Waals surface area contributed by atoms with Crippen LogP contribution in [0.5, 0.6) is 0 Å². The van der Waals surface area contributed by atoms with E-state index < -0.39 is 47.8 Å². The second kappa shape index (κ2) is 8.17. The normalized spacial score (nSPS) is 22.3. The van der Waals surface area contributed by atoms with Gasteiger partial charge in [0, 0.05) is 23.8 Å². The molecule has 3 saturated heterocycles. The summed E-state index contributed by atoms with van der Waals surface area (Å²) in [6.45, 7) is 1.65. The van der Waals surface area contributed by atoms with E-state index in [0.29, 0.717) is 34.1 Å². The fourth-order valence-corrected chi connectivity index (χ4v) is 5.77. The molecule has 3 aliphatic rings. The Balaban J connectivity index is 1.28. The molecule has 9 nitrogen and oxygen atoms in total. The lowest BCUT2D eigenvalue weighted by molar-refractivity contribution is -0.137. The monoisotopic (exact) mass is 520 g/mol. The lowest BCUT2D eigenvalue weighted by atomic mass is 10.1. The third kappa shape index (κ3) is 3.46. The molecule has 0 saturated carbocycles. The van der Waals surface area contributed by atoms with Crippen LogP contribution in [0.3, 0.4) is 0 Å². The van der Waals surface area contributed by atoms with E-state index in [2.05, 4.69) is 16.4 Å². The number of alkyl halides is 3. The number of aromatic nitrogens is 1. The minimum atomic E-state index is -4.57. The largest absolute Gasteiger partial charge is 0.416 e. The molecule has 3 aromatic rings. The smallest absolute Gasteiger partial charge is 0.317 e. The third-order valence-corrected chi connectivity index (χ3v) is 7.29. The third-order valence-electron chi connectivity index (χ3n) is 7.29. The number of nitrogens with one attached hydrogen (secondary N) is 1. The Hall–Kier alpha value is -4.66. The van der Waals surface area contributed by atoms with Gasteiger partial charge >= 0.3 is 18.2 Å². The molecule has 12 heteroatoms. The van der Waals surface area contributed by atoms with Crippen molar-refractivity contribution in [3.8, 4) is 6.07 Å². The highest BCUT2D eigenvalue weighted by molar-refractivity contribution is 6.25. The summed E-state index contributed by atoms with van der Waals surface area (Å²) in [4.78, 5) is 48.4. The standard InChI is InChI=1S/C26H19F3N6O3/c1-13-7-15(26(27,28)29)9-16(8-13)32-24(37)33-12-17-10-20(33)22-23(36)35(25(38)34(17)22)19-5-4-14(11-30)21-18(19)3-2-6-31-21/h2-9,17,20,22H,10,12H2,1H3,(H,32,37)/t17-,20?,22-/m1/s1. The van der Waals surface area contributed by atoms with Gasteiger partial charge in [-0.05, 0) is 61.4 Å². The number of aryl methyl sites for hydroxylation is 1. The molecule has 192 valence electrons. The summed E-state index contributed by atoms with van der Waals surface area (Å²) in [7, 11) is 0. The maximum absolute atomic E-state index is 13.6. The van der Waals surface area contributed by atoms with Crippen LogP contribution in [0.4, 0.5) is 34.1 Å². The average molecular weight is 520 g/mol. The van der Waals surface area contributed by atoms with Crippen LogP contribution in [0.2, 0.25) is 0 Å². The van der Waals surface area contributed by atoms with Gasteiger partial charge < -0.3 is 15.1 Å². The van der Waals surface area contributed by atoms with Crippen molar-refractivity contribution in [2.45, 2.75) is 37.6 Å². The van der Waals surface area contributed by atoms with Crippen molar-refractivity contribution >= 4 is 40.2 Å². The maximum atomic E-state index is 13.6. The number of piperazine rings is 1. The maximum Gasteiger partial charge on any atom is 0.416 e. The van der Waals surface area contributed by atoms with E-state index in [-0.39, 0.29) is 12.2 Å². The van der Waals surface area contributed by atoms with Crippen molar-refractivity contribution in [3.05, 3.63) is 65.4 Å². The molecule has 1 aromatic heterocycles. The van der Waals surface area contributed by atoms with E-state index in [1.54, 1.807) is 12.1 Å². The molecular formula is C26H19F3N6O3. The number of hydrogen-bond donors (Lipinski definition) is 1. The first kappa shape index (κ1) is 23.7. The second-order valence-corrected chi connectivity index (χ2v) is 9.58. The Morgan fingerprint density at radius 1 is 1.18 bits per heavy atom. The molecule has 3 aliphatic heterocycles. The van der Waals surface area contributed by atoms with Crippen LogP contribution in [-0.4, -0.2) is 57.4 Å². The topological polar surface area (TPSA) is 110 Å². The minimum Gasteiger partial charge on any atom is -0.317 e. The first-order chi connectivity index (χ1) is 18.1. The lowest BCUT2D eigenvalue weighted by Gasteiger charge is -2.34. The summed E-state index contributed by atoms with van der Waals surface area (Å²) in [5, 5.41) is 12.4. The van der Waals surface area contributed by atoms with Crippen LogP contribution in [0, 0.1) is 18.3 Å². The van der Waals surface area contributed by atoms with Gasteiger partial charge in [-0.15, -0.1) is 0 Å². The molecule has 2 aromatic carbocycles. The number of amides is 5. The van der Waals surface area contributed by atoms with Crippen LogP contribution in [0.15, 0.2) is 48.7 Å². The number of carbonyl (C=O) groups is 3. The highest BCUT2D eigenvalue weighted by Gasteiger charge is 2.63. The number of fused-ring (bicyclic) bond motifs is 6. The van der Waals surface area contributed by atoms with Crippen molar-refractivity contribution in [1.82, 2.24) is 14.8 Å². The lowest BCUT2D eigenvalue weighted by Crippen LogP contribution is -2.55. The number of nitriles is 1. The fourth-order valence-electron chi connectivity index (χ4n) is 5.77. The summed E-state index contributed by atoms with van der Waals surface area (Å²) in [5.74, 6) is -0.509. The Labute approximate surface area is 214 Å². The summed E-state index contributed by atoms with van der Waals surface area (Å²) in [6, 6.07) is 8.57. The first-order valence-corrected chi connectivity index (χ1v) is 11.8. The van der Waals surface area contributed by atoms with Crippen LogP contribution in [0.25, 0.3) is 10.9 Å². The number of nitrogens with zero attached hydrogens (tertiary/aromatic N) is 5. The predicted molar refractivity (Wildman–Crippen MR) is 129 cm³/mol. The number of carbonyl (C=O) groups excluding carboxylic acids is 3. The van der Waals surface area contributed by atoms with Gasteiger partial charge in [0.15, 0.2) is 0 Å². The molecule has 4 heterocycles. The van der Waals surface area contributed by atoms with Crippen molar-refractivity contribution in [1.29, 1.82) is 5.26 Å². The van der Waals surface area contributed by atoms with Gasteiger partial charge in [-0.3, -0.25) is 9.78 Å². The van der Waals surface area contributed by atoms with Crippen molar-refractivity contribution in [3.63, 3.8) is 0 Å². The van der Waals surface area contributed by atoms with E-state index in [1.807, 2.05) is 0 Å². The molecule has 1 N–H and O–H groups in total. The number of anilines is 2. The summed E-state index contributed by atoms with van der Waals surface area (Å²) >= 11 is 0. The van der Waals surface area contributed by atoms with E-state index in [9.17, 15) is 32.8 Å². The Kier molecular flexibility index (Phi) is 5.10. The molecule has 1 unspecified atom stereocenters. The number of pyridine rings is 1. The number of halogens is 3. The fraction of sp³-hybridized carbons (Fsp3) is 0.269.